The van der Waals surface area contributed by atoms with E-state index in [1.807, 2.05) is 13.0 Å². The zero-order valence-electron chi connectivity index (χ0n) is 9.83. The molecule has 0 atom stereocenters. The highest BCUT2D eigenvalue weighted by molar-refractivity contribution is 5.99. The van der Waals surface area contributed by atoms with Crippen LogP contribution in [0.1, 0.15) is 16.1 Å². The maximum atomic E-state index is 11.8. The van der Waals surface area contributed by atoms with Gasteiger partial charge in [0.25, 0.3) is 5.91 Å². The topological polar surface area (TPSA) is 63.2 Å². The van der Waals surface area contributed by atoms with Crippen molar-refractivity contribution in [2.24, 2.45) is 0 Å². The summed E-state index contributed by atoms with van der Waals surface area (Å²) < 4.78 is 4.86. The molecule has 0 saturated heterocycles. The minimum atomic E-state index is -0.145. The van der Waals surface area contributed by atoms with Crippen LogP contribution in [0.2, 0.25) is 0 Å². The van der Waals surface area contributed by atoms with E-state index in [4.69, 9.17) is 4.74 Å². The van der Waals surface area contributed by atoms with Crippen molar-refractivity contribution in [2.75, 3.05) is 32.6 Å². The van der Waals surface area contributed by atoms with Gasteiger partial charge in [-0.3, -0.25) is 9.78 Å². The number of ether oxygens (including phenoxy) is 1. The SMILES string of the molecule is CNc1cc(C)ncc1C(=O)NCCOC. The standard InChI is InChI=1S/C11H17N3O2/c1-8-6-10(12-2)9(7-14-8)11(15)13-4-5-16-3/h6-7H,4-5H2,1-3H3,(H,12,14)(H,13,15). The highest BCUT2D eigenvalue weighted by Gasteiger charge is 2.10. The highest BCUT2D eigenvalue weighted by atomic mass is 16.5. The van der Waals surface area contributed by atoms with Gasteiger partial charge in [-0.05, 0) is 13.0 Å². The maximum absolute atomic E-state index is 11.8. The van der Waals surface area contributed by atoms with E-state index in [1.54, 1.807) is 20.4 Å². The van der Waals surface area contributed by atoms with Crippen LogP contribution in [0.15, 0.2) is 12.3 Å². The Labute approximate surface area is 95.2 Å². The molecule has 0 bridgehead atoms. The lowest BCUT2D eigenvalue weighted by Gasteiger charge is -2.09. The predicted octanol–water partition coefficient (Wildman–Crippen LogP) is 0.808. The minimum Gasteiger partial charge on any atom is -0.387 e. The molecule has 88 valence electrons. The number of hydrogen-bond acceptors (Lipinski definition) is 4. The van der Waals surface area contributed by atoms with E-state index in [0.717, 1.165) is 11.4 Å². The first-order chi connectivity index (χ1) is 7.69. The highest BCUT2D eigenvalue weighted by Crippen LogP contribution is 2.14. The molecular formula is C11H17N3O2. The average Bonchev–Trinajstić information content (AvgIpc) is 2.29. The fourth-order valence-corrected chi connectivity index (χ4v) is 1.31. The monoisotopic (exact) mass is 223 g/mol. The quantitative estimate of drug-likeness (QED) is 0.725. The van der Waals surface area contributed by atoms with Crippen molar-refractivity contribution in [2.45, 2.75) is 6.92 Å². The fourth-order valence-electron chi connectivity index (χ4n) is 1.31. The molecular weight excluding hydrogens is 206 g/mol. The normalized spacial score (nSPS) is 9.94. The Kier molecular flexibility index (Phi) is 4.72. The number of rotatable bonds is 5. The summed E-state index contributed by atoms with van der Waals surface area (Å²) >= 11 is 0. The van der Waals surface area contributed by atoms with Crippen LogP contribution in [0.3, 0.4) is 0 Å². The third-order valence-corrected chi connectivity index (χ3v) is 2.15. The third kappa shape index (κ3) is 3.20. The van der Waals surface area contributed by atoms with Gasteiger partial charge in [-0.1, -0.05) is 0 Å². The van der Waals surface area contributed by atoms with E-state index >= 15 is 0 Å². The first-order valence-electron chi connectivity index (χ1n) is 5.10. The zero-order chi connectivity index (χ0) is 12.0. The molecule has 5 heteroatoms. The molecule has 0 unspecified atom stereocenters. The molecule has 1 rings (SSSR count). The van der Waals surface area contributed by atoms with Gasteiger partial charge >= 0.3 is 0 Å². The van der Waals surface area contributed by atoms with Crippen LogP contribution >= 0.6 is 0 Å². The van der Waals surface area contributed by atoms with Crippen molar-refractivity contribution >= 4 is 11.6 Å². The Morgan fingerprint density at radius 3 is 2.94 bits per heavy atom. The number of carbonyl (C=O) groups is 1. The Hall–Kier alpha value is -1.62. The number of anilines is 1. The molecule has 0 aliphatic carbocycles. The number of nitrogens with one attached hydrogen (secondary N) is 2. The van der Waals surface area contributed by atoms with E-state index in [2.05, 4.69) is 15.6 Å². The molecule has 1 amide bonds. The number of aromatic nitrogens is 1. The van der Waals surface area contributed by atoms with E-state index < -0.39 is 0 Å². The van der Waals surface area contributed by atoms with Crippen LogP contribution in [-0.2, 0) is 4.74 Å². The molecule has 2 N–H and O–H groups in total. The Morgan fingerprint density at radius 1 is 1.56 bits per heavy atom. The lowest BCUT2D eigenvalue weighted by molar-refractivity contribution is 0.0937. The summed E-state index contributed by atoms with van der Waals surface area (Å²) in [7, 11) is 3.37. The molecule has 0 fully saturated rings. The summed E-state index contributed by atoms with van der Waals surface area (Å²) in [4.78, 5) is 15.9. The molecule has 0 aliphatic rings. The number of aryl methyl sites for hydroxylation is 1. The number of pyridine rings is 1. The maximum Gasteiger partial charge on any atom is 0.255 e. The van der Waals surface area contributed by atoms with Gasteiger partial charge in [-0.15, -0.1) is 0 Å². The van der Waals surface area contributed by atoms with Crippen molar-refractivity contribution in [1.29, 1.82) is 0 Å². The molecule has 0 saturated carbocycles. The molecule has 1 aromatic rings. The first kappa shape index (κ1) is 12.4. The zero-order valence-corrected chi connectivity index (χ0v) is 9.83. The largest absolute Gasteiger partial charge is 0.387 e. The van der Waals surface area contributed by atoms with Crippen molar-refractivity contribution in [3.63, 3.8) is 0 Å². The summed E-state index contributed by atoms with van der Waals surface area (Å²) in [5, 5.41) is 5.73. The molecule has 1 aromatic heterocycles. The van der Waals surface area contributed by atoms with Gasteiger partial charge in [0.2, 0.25) is 0 Å². The van der Waals surface area contributed by atoms with Gasteiger partial charge < -0.3 is 15.4 Å². The van der Waals surface area contributed by atoms with Crippen LogP contribution in [0, 0.1) is 6.92 Å². The van der Waals surface area contributed by atoms with E-state index in [9.17, 15) is 4.79 Å². The van der Waals surface area contributed by atoms with Crippen LogP contribution in [0.4, 0.5) is 5.69 Å². The van der Waals surface area contributed by atoms with Crippen molar-refractivity contribution in [3.8, 4) is 0 Å². The number of methoxy groups -OCH3 is 1. The van der Waals surface area contributed by atoms with E-state index in [1.165, 1.54) is 0 Å². The van der Waals surface area contributed by atoms with E-state index in [0.29, 0.717) is 18.7 Å². The van der Waals surface area contributed by atoms with Crippen LogP contribution in [0.5, 0.6) is 0 Å². The number of carbonyl (C=O) groups excluding carboxylic acids is 1. The van der Waals surface area contributed by atoms with Gasteiger partial charge in [0.1, 0.15) is 0 Å². The second-order valence-electron chi connectivity index (χ2n) is 3.37. The summed E-state index contributed by atoms with van der Waals surface area (Å²) in [5.41, 5.74) is 2.20. The number of hydrogen-bond donors (Lipinski definition) is 2. The van der Waals surface area contributed by atoms with Crippen molar-refractivity contribution in [3.05, 3.63) is 23.5 Å². The molecule has 0 spiro atoms. The Bertz CT molecular complexity index is 366. The summed E-state index contributed by atoms with van der Waals surface area (Å²) in [5.74, 6) is -0.145. The van der Waals surface area contributed by atoms with Gasteiger partial charge in [0.15, 0.2) is 0 Å². The summed E-state index contributed by atoms with van der Waals surface area (Å²) in [6.07, 6.45) is 1.57. The Balaban J connectivity index is 2.74. The predicted molar refractivity (Wildman–Crippen MR) is 62.7 cm³/mol. The average molecular weight is 223 g/mol. The lowest BCUT2D eigenvalue weighted by atomic mass is 10.2. The molecule has 0 radical (unpaired) electrons. The number of amides is 1. The van der Waals surface area contributed by atoms with Gasteiger partial charge in [0.05, 0.1) is 17.9 Å². The Morgan fingerprint density at radius 2 is 2.31 bits per heavy atom. The second kappa shape index (κ2) is 6.07. The third-order valence-electron chi connectivity index (χ3n) is 2.15. The summed E-state index contributed by atoms with van der Waals surface area (Å²) in [6.45, 7) is 2.87. The minimum absolute atomic E-state index is 0.145. The van der Waals surface area contributed by atoms with Gasteiger partial charge in [-0.2, -0.15) is 0 Å². The second-order valence-corrected chi connectivity index (χ2v) is 3.37. The number of nitrogens with zero attached hydrogens (tertiary/aromatic N) is 1. The van der Waals surface area contributed by atoms with Gasteiger partial charge in [0, 0.05) is 32.6 Å². The van der Waals surface area contributed by atoms with Crippen LogP contribution < -0.4 is 10.6 Å². The molecule has 1 heterocycles. The first-order valence-corrected chi connectivity index (χ1v) is 5.10. The lowest BCUT2D eigenvalue weighted by Crippen LogP contribution is -2.27. The van der Waals surface area contributed by atoms with Crippen LogP contribution in [0.25, 0.3) is 0 Å². The van der Waals surface area contributed by atoms with E-state index in [-0.39, 0.29) is 5.91 Å². The molecule has 5 nitrogen and oxygen atoms in total. The summed E-state index contributed by atoms with van der Waals surface area (Å²) in [6, 6.07) is 1.84. The van der Waals surface area contributed by atoms with Crippen molar-refractivity contribution in [1.82, 2.24) is 10.3 Å². The molecule has 16 heavy (non-hydrogen) atoms. The van der Waals surface area contributed by atoms with Crippen LogP contribution in [-0.4, -0.2) is 38.2 Å². The molecule has 0 aliphatic heterocycles. The van der Waals surface area contributed by atoms with Gasteiger partial charge in [-0.25, -0.2) is 0 Å². The smallest absolute Gasteiger partial charge is 0.255 e. The van der Waals surface area contributed by atoms with Crippen molar-refractivity contribution < 1.29 is 9.53 Å². The molecule has 0 aromatic carbocycles. The fraction of sp³-hybridized carbons (Fsp3) is 0.455.